The molecule has 4 aliphatic rings. The SMILES string of the molecule is CC1(C)OC(=O)C2(CCC=C3[C@H]2CCC2=Cc4c(cnn4-c4ccc(F)cc4)C[C@@]23C)C(=O)O1. The molecule has 176 valence electrons. The topological polar surface area (TPSA) is 70.4 Å². The van der Waals surface area contributed by atoms with Crippen LogP contribution in [0.15, 0.2) is 47.7 Å². The van der Waals surface area contributed by atoms with Crippen molar-refractivity contribution in [2.75, 3.05) is 0 Å². The highest BCUT2D eigenvalue weighted by atomic mass is 19.1. The normalized spacial score (nSPS) is 28.6. The Morgan fingerprint density at radius 3 is 2.50 bits per heavy atom. The number of aromatic nitrogens is 2. The fourth-order valence-electron chi connectivity index (χ4n) is 6.49. The quantitative estimate of drug-likeness (QED) is 0.342. The predicted molar refractivity (Wildman–Crippen MR) is 122 cm³/mol. The third-order valence-electron chi connectivity index (χ3n) is 8.14. The van der Waals surface area contributed by atoms with E-state index in [0.29, 0.717) is 19.3 Å². The summed E-state index contributed by atoms with van der Waals surface area (Å²) >= 11 is 0. The summed E-state index contributed by atoms with van der Waals surface area (Å²) < 4.78 is 26.5. The van der Waals surface area contributed by atoms with Crippen molar-refractivity contribution in [1.82, 2.24) is 9.78 Å². The average molecular weight is 463 g/mol. The van der Waals surface area contributed by atoms with Gasteiger partial charge in [0.05, 0.1) is 17.6 Å². The molecule has 6 nitrogen and oxygen atoms in total. The Morgan fingerprint density at radius 1 is 1.09 bits per heavy atom. The first-order chi connectivity index (χ1) is 16.1. The van der Waals surface area contributed by atoms with Crippen LogP contribution in [0.5, 0.6) is 0 Å². The monoisotopic (exact) mass is 462 g/mol. The minimum atomic E-state index is -1.27. The van der Waals surface area contributed by atoms with Crippen molar-refractivity contribution in [3.63, 3.8) is 0 Å². The van der Waals surface area contributed by atoms with Gasteiger partial charge in [-0.2, -0.15) is 5.10 Å². The molecular formula is C27H27FN2O4. The number of benzene rings is 1. The molecule has 1 saturated carbocycles. The third-order valence-corrected chi connectivity index (χ3v) is 8.14. The summed E-state index contributed by atoms with van der Waals surface area (Å²) in [6.45, 7) is 5.40. The minimum absolute atomic E-state index is 0.242. The van der Waals surface area contributed by atoms with E-state index in [2.05, 4.69) is 24.2 Å². The van der Waals surface area contributed by atoms with Crippen LogP contribution in [0, 0.1) is 22.6 Å². The Kier molecular flexibility index (Phi) is 4.33. The molecule has 2 fully saturated rings. The highest BCUT2D eigenvalue weighted by molar-refractivity contribution is 6.03. The summed E-state index contributed by atoms with van der Waals surface area (Å²) in [5.41, 5.74) is 3.71. The summed E-state index contributed by atoms with van der Waals surface area (Å²) in [6, 6.07) is 6.32. The maximum Gasteiger partial charge on any atom is 0.327 e. The van der Waals surface area contributed by atoms with Crippen molar-refractivity contribution < 1.29 is 23.5 Å². The number of halogens is 1. The van der Waals surface area contributed by atoms with Crippen molar-refractivity contribution in [2.45, 2.75) is 58.7 Å². The summed E-state index contributed by atoms with van der Waals surface area (Å²) in [6.07, 6.45) is 9.48. The van der Waals surface area contributed by atoms with E-state index in [-0.39, 0.29) is 17.2 Å². The number of hydrogen-bond donors (Lipinski definition) is 0. The lowest BCUT2D eigenvalue weighted by Crippen LogP contribution is -2.60. The molecule has 1 aromatic heterocycles. The highest BCUT2D eigenvalue weighted by Gasteiger charge is 2.64. The summed E-state index contributed by atoms with van der Waals surface area (Å²) in [4.78, 5) is 26.6. The van der Waals surface area contributed by atoms with Gasteiger partial charge in [-0.3, -0.25) is 9.59 Å². The van der Waals surface area contributed by atoms with E-state index in [4.69, 9.17) is 9.47 Å². The number of nitrogens with zero attached hydrogens (tertiary/aromatic N) is 2. The Balaban J connectivity index is 1.40. The molecule has 1 aromatic carbocycles. The Morgan fingerprint density at radius 2 is 1.79 bits per heavy atom. The van der Waals surface area contributed by atoms with Crippen molar-refractivity contribution in [2.24, 2.45) is 16.7 Å². The van der Waals surface area contributed by atoms with Gasteiger partial charge in [-0.05, 0) is 68.0 Å². The maximum atomic E-state index is 13.4. The first kappa shape index (κ1) is 21.3. The molecule has 3 aliphatic carbocycles. The summed E-state index contributed by atoms with van der Waals surface area (Å²) in [5, 5.41) is 4.60. The van der Waals surface area contributed by atoms with Crippen molar-refractivity contribution in [1.29, 1.82) is 0 Å². The molecule has 2 heterocycles. The molecule has 2 aromatic rings. The van der Waals surface area contributed by atoms with Crippen LogP contribution in [-0.2, 0) is 25.5 Å². The van der Waals surface area contributed by atoms with E-state index < -0.39 is 23.1 Å². The van der Waals surface area contributed by atoms with E-state index in [1.807, 2.05) is 10.9 Å². The molecule has 1 spiro atoms. The molecular weight excluding hydrogens is 435 g/mol. The maximum absolute atomic E-state index is 13.4. The number of fused-ring (bicyclic) bond motifs is 5. The summed E-state index contributed by atoms with van der Waals surface area (Å²) in [5.74, 6) is -2.68. The minimum Gasteiger partial charge on any atom is -0.422 e. The summed E-state index contributed by atoms with van der Waals surface area (Å²) in [7, 11) is 0. The van der Waals surface area contributed by atoms with Crippen LogP contribution < -0.4 is 0 Å². The standard InChI is InChI=1S/C27H27FN2O4/c1-25(2)33-23(31)27(24(32)34-25)12-4-5-20-21(27)11-6-17-13-22-16(14-26(17,20)3)15-29-30(22)19-9-7-18(28)8-10-19/h5,7-10,13,15,21H,4,6,11-12,14H2,1-3H3/t21-,26+/m1/s1. The third kappa shape index (κ3) is 2.82. The van der Waals surface area contributed by atoms with Crippen molar-refractivity contribution in [3.8, 4) is 5.69 Å². The van der Waals surface area contributed by atoms with Crippen LogP contribution in [0.25, 0.3) is 11.8 Å². The van der Waals surface area contributed by atoms with Gasteiger partial charge >= 0.3 is 11.9 Å². The van der Waals surface area contributed by atoms with Gasteiger partial charge in [-0.15, -0.1) is 0 Å². The number of carbonyl (C=O) groups is 2. The number of cyclic esters (lactones) is 2. The Hall–Kier alpha value is -3.22. The zero-order chi connectivity index (χ0) is 23.9. The average Bonchev–Trinajstić information content (AvgIpc) is 3.18. The zero-order valence-corrected chi connectivity index (χ0v) is 19.6. The second kappa shape index (κ2) is 6.90. The number of carbonyl (C=O) groups excluding carboxylic acids is 2. The lowest BCUT2D eigenvalue weighted by atomic mass is 9.51. The van der Waals surface area contributed by atoms with Crippen LogP contribution in [0.1, 0.15) is 57.7 Å². The van der Waals surface area contributed by atoms with Gasteiger partial charge in [-0.1, -0.05) is 24.1 Å². The Labute approximate surface area is 197 Å². The molecule has 0 N–H and O–H groups in total. The fraction of sp³-hybridized carbons (Fsp3) is 0.444. The van der Waals surface area contributed by atoms with Crippen molar-refractivity contribution >= 4 is 18.0 Å². The van der Waals surface area contributed by atoms with E-state index >= 15 is 0 Å². The van der Waals surface area contributed by atoms with Crippen LogP contribution in [0.4, 0.5) is 4.39 Å². The van der Waals surface area contributed by atoms with Crippen LogP contribution in [0.3, 0.4) is 0 Å². The first-order valence-electron chi connectivity index (χ1n) is 11.9. The molecule has 0 radical (unpaired) electrons. The lowest BCUT2D eigenvalue weighted by molar-refractivity contribution is -0.256. The molecule has 6 rings (SSSR count). The number of rotatable bonds is 1. The van der Waals surface area contributed by atoms with Crippen LogP contribution in [0.2, 0.25) is 0 Å². The number of esters is 2. The van der Waals surface area contributed by atoms with Gasteiger partial charge in [-0.25, -0.2) is 9.07 Å². The first-order valence-corrected chi connectivity index (χ1v) is 11.9. The van der Waals surface area contributed by atoms with E-state index in [0.717, 1.165) is 35.4 Å². The molecule has 2 atom stereocenters. The van der Waals surface area contributed by atoms with Crippen molar-refractivity contribution in [3.05, 3.63) is 64.8 Å². The molecule has 0 unspecified atom stereocenters. The molecule has 1 saturated heterocycles. The van der Waals surface area contributed by atoms with Gasteiger partial charge in [0.1, 0.15) is 5.82 Å². The number of ether oxygens (including phenoxy) is 2. The van der Waals surface area contributed by atoms with Gasteiger partial charge in [0.2, 0.25) is 0 Å². The second-order valence-electron chi connectivity index (χ2n) is 10.6. The van der Waals surface area contributed by atoms with Gasteiger partial charge in [0.15, 0.2) is 5.41 Å². The van der Waals surface area contributed by atoms with Gasteiger partial charge in [0.25, 0.3) is 5.79 Å². The zero-order valence-electron chi connectivity index (χ0n) is 19.6. The second-order valence-corrected chi connectivity index (χ2v) is 10.6. The highest BCUT2D eigenvalue weighted by Crippen LogP contribution is 2.61. The predicted octanol–water partition coefficient (Wildman–Crippen LogP) is 4.91. The van der Waals surface area contributed by atoms with E-state index in [9.17, 15) is 14.0 Å². The fourth-order valence-corrected chi connectivity index (χ4v) is 6.49. The molecule has 7 heteroatoms. The molecule has 34 heavy (non-hydrogen) atoms. The smallest absolute Gasteiger partial charge is 0.327 e. The lowest BCUT2D eigenvalue weighted by Gasteiger charge is -2.53. The van der Waals surface area contributed by atoms with Crippen LogP contribution >= 0.6 is 0 Å². The number of hydrogen-bond acceptors (Lipinski definition) is 5. The largest absolute Gasteiger partial charge is 0.422 e. The van der Waals surface area contributed by atoms with Crippen LogP contribution in [-0.4, -0.2) is 27.5 Å². The van der Waals surface area contributed by atoms with Gasteiger partial charge < -0.3 is 9.47 Å². The van der Waals surface area contributed by atoms with Gasteiger partial charge in [0, 0.05) is 25.2 Å². The van der Waals surface area contributed by atoms with E-state index in [1.54, 1.807) is 26.0 Å². The Bertz CT molecular complexity index is 1270. The van der Waals surface area contributed by atoms with E-state index in [1.165, 1.54) is 17.7 Å². The molecule has 1 aliphatic heterocycles. The molecule has 0 bridgehead atoms. The number of allylic oxidation sites excluding steroid dienone is 3. The molecule has 0 amide bonds.